The summed E-state index contributed by atoms with van der Waals surface area (Å²) >= 11 is 0. The summed E-state index contributed by atoms with van der Waals surface area (Å²) in [5, 5.41) is 3.19. The Balaban J connectivity index is 1.53. The Hall–Kier alpha value is -2.07. The van der Waals surface area contributed by atoms with Crippen molar-refractivity contribution < 1.29 is 9.21 Å². The molecular formula is C18H20N2O2. The molecular weight excluding hydrogens is 276 g/mol. The summed E-state index contributed by atoms with van der Waals surface area (Å²) in [6, 6.07) is 12.5. The molecule has 0 saturated carbocycles. The Kier molecular flexibility index (Phi) is 3.47. The lowest BCUT2D eigenvalue weighted by molar-refractivity contribution is 0.0902. The largest absolute Gasteiger partial charge is 0.459 e. The molecule has 2 aromatic rings. The van der Waals surface area contributed by atoms with Gasteiger partial charge in [-0.05, 0) is 37.4 Å². The Labute approximate surface area is 130 Å². The van der Waals surface area contributed by atoms with Gasteiger partial charge in [-0.15, -0.1) is 0 Å². The van der Waals surface area contributed by atoms with Crippen LogP contribution in [0.1, 0.15) is 29.8 Å². The molecule has 2 aliphatic rings. The van der Waals surface area contributed by atoms with Gasteiger partial charge in [-0.25, -0.2) is 0 Å². The van der Waals surface area contributed by atoms with E-state index in [0.29, 0.717) is 11.8 Å². The second-order valence-electron chi connectivity index (χ2n) is 6.14. The van der Waals surface area contributed by atoms with Gasteiger partial charge in [0.1, 0.15) is 0 Å². The number of rotatable bonds is 3. The highest BCUT2D eigenvalue weighted by Gasteiger charge is 2.38. The van der Waals surface area contributed by atoms with Crippen LogP contribution in [0.15, 0.2) is 47.1 Å². The first-order valence-electron chi connectivity index (χ1n) is 8.01. The van der Waals surface area contributed by atoms with E-state index in [0.717, 1.165) is 24.1 Å². The highest BCUT2D eigenvalue weighted by molar-refractivity contribution is 5.98. The Morgan fingerprint density at radius 3 is 2.86 bits per heavy atom. The summed E-state index contributed by atoms with van der Waals surface area (Å²) in [5.74, 6) is 0.324. The van der Waals surface area contributed by atoms with Crippen LogP contribution in [-0.2, 0) is 0 Å². The minimum atomic E-state index is -0.0948. The van der Waals surface area contributed by atoms with Crippen molar-refractivity contribution in [2.24, 2.45) is 0 Å². The van der Waals surface area contributed by atoms with E-state index in [4.69, 9.17) is 4.42 Å². The van der Waals surface area contributed by atoms with Gasteiger partial charge in [-0.2, -0.15) is 0 Å². The molecule has 4 rings (SSSR count). The van der Waals surface area contributed by atoms with Gasteiger partial charge >= 0.3 is 0 Å². The minimum Gasteiger partial charge on any atom is -0.459 e. The third-order valence-corrected chi connectivity index (χ3v) is 4.88. The number of fused-ring (bicyclic) bond motifs is 1. The van der Waals surface area contributed by atoms with Gasteiger partial charge in [0.15, 0.2) is 5.76 Å². The van der Waals surface area contributed by atoms with Crippen molar-refractivity contribution in [2.75, 3.05) is 13.1 Å². The molecule has 114 valence electrons. The molecule has 2 fully saturated rings. The van der Waals surface area contributed by atoms with Crippen LogP contribution in [0.5, 0.6) is 0 Å². The van der Waals surface area contributed by atoms with E-state index in [1.807, 2.05) is 36.4 Å². The molecule has 4 heteroatoms. The first-order chi connectivity index (χ1) is 10.8. The normalized spacial score (nSPS) is 24.4. The first kappa shape index (κ1) is 13.6. The van der Waals surface area contributed by atoms with Crippen molar-refractivity contribution in [1.82, 2.24) is 10.2 Å². The molecule has 0 aliphatic carbocycles. The molecule has 0 spiro atoms. The topological polar surface area (TPSA) is 45.5 Å². The standard InChI is InChI=1S/C18H20N2O2/c21-18(19-15-8-11-20-10-4-7-16(15)20)17-14(9-12-22-17)13-5-2-1-3-6-13/h1-3,5-6,9,12,15-16H,4,7-8,10-11H2,(H,19,21)/t15-,16-/m0/s1. The molecule has 0 bridgehead atoms. The molecule has 1 N–H and O–H groups in total. The minimum absolute atomic E-state index is 0.0948. The summed E-state index contributed by atoms with van der Waals surface area (Å²) in [5.41, 5.74) is 1.87. The SMILES string of the molecule is O=C(N[C@H]1CCN2CCC[C@@H]12)c1occc1-c1ccccc1. The van der Waals surface area contributed by atoms with E-state index in [9.17, 15) is 4.79 Å². The third-order valence-electron chi connectivity index (χ3n) is 4.88. The zero-order valence-electron chi connectivity index (χ0n) is 12.5. The Bertz CT molecular complexity index is 665. The second kappa shape index (κ2) is 5.61. The van der Waals surface area contributed by atoms with Crippen LogP contribution < -0.4 is 5.32 Å². The van der Waals surface area contributed by atoms with Crippen LogP contribution in [0, 0.1) is 0 Å². The van der Waals surface area contributed by atoms with Gasteiger partial charge in [0.05, 0.1) is 6.26 Å². The smallest absolute Gasteiger partial charge is 0.287 e. The zero-order valence-corrected chi connectivity index (χ0v) is 12.5. The maximum Gasteiger partial charge on any atom is 0.287 e. The van der Waals surface area contributed by atoms with E-state index in [2.05, 4.69) is 10.2 Å². The number of furan rings is 1. The fourth-order valence-electron chi connectivity index (χ4n) is 3.81. The van der Waals surface area contributed by atoms with Gasteiger partial charge < -0.3 is 9.73 Å². The maximum absolute atomic E-state index is 12.6. The monoisotopic (exact) mass is 296 g/mol. The molecule has 1 aromatic carbocycles. The van der Waals surface area contributed by atoms with Crippen molar-refractivity contribution in [3.63, 3.8) is 0 Å². The van der Waals surface area contributed by atoms with Crippen LogP contribution >= 0.6 is 0 Å². The second-order valence-corrected chi connectivity index (χ2v) is 6.14. The van der Waals surface area contributed by atoms with Crippen molar-refractivity contribution in [3.05, 3.63) is 48.4 Å². The van der Waals surface area contributed by atoms with Crippen LogP contribution in [0.2, 0.25) is 0 Å². The van der Waals surface area contributed by atoms with Crippen LogP contribution in [0.25, 0.3) is 11.1 Å². The van der Waals surface area contributed by atoms with E-state index < -0.39 is 0 Å². The molecule has 3 heterocycles. The van der Waals surface area contributed by atoms with Crippen molar-refractivity contribution in [3.8, 4) is 11.1 Å². The Morgan fingerprint density at radius 2 is 2.00 bits per heavy atom. The number of hydrogen-bond acceptors (Lipinski definition) is 3. The van der Waals surface area contributed by atoms with Gasteiger partial charge in [-0.3, -0.25) is 9.69 Å². The van der Waals surface area contributed by atoms with E-state index in [-0.39, 0.29) is 11.9 Å². The molecule has 2 saturated heterocycles. The highest BCUT2D eigenvalue weighted by atomic mass is 16.3. The third kappa shape index (κ3) is 2.33. The molecule has 0 radical (unpaired) electrons. The summed E-state index contributed by atoms with van der Waals surface area (Å²) in [6.07, 6.45) is 5.06. The molecule has 1 aromatic heterocycles. The van der Waals surface area contributed by atoms with Gasteiger partial charge in [0.25, 0.3) is 5.91 Å². The summed E-state index contributed by atoms with van der Waals surface area (Å²) in [4.78, 5) is 15.1. The number of amides is 1. The number of carbonyl (C=O) groups excluding carboxylic acids is 1. The highest BCUT2D eigenvalue weighted by Crippen LogP contribution is 2.29. The Morgan fingerprint density at radius 1 is 1.14 bits per heavy atom. The first-order valence-corrected chi connectivity index (χ1v) is 8.01. The van der Waals surface area contributed by atoms with E-state index in [1.54, 1.807) is 6.26 Å². The predicted octanol–water partition coefficient (Wildman–Crippen LogP) is 2.91. The average molecular weight is 296 g/mol. The van der Waals surface area contributed by atoms with Gasteiger partial charge in [0, 0.05) is 24.2 Å². The van der Waals surface area contributed by atoms with Crippen LogP contribution in [-0.4, -0.2) is 36.0 Å². The molecule has 2 aliphatic heterocycles. The fraction of sp³-hybridized carbons (Fsp3) is 0.389. The zero-order chi connectivity index (χ0) is 14.9. The van der Waals surface area contributed by atoms with Gasteiger partial charge in [0.2, 0.25) is 0 Å². The summed E-state index contributed by atoms with van der Waals surface area (Å²) in [6.45, 7) is 2.27. The number of hydrogen-bond donors (Lipinski definition) is 1. The molecule has 2 atom stereocenters. The van der Waals surface area contributed by atoms with Crippen LogP contribution in [0.3, 0.4) is 0 Å². The number of nitrogens with zero attached hydrogens (tertiary/aromatic N) is 1. The van der Waals surface area contributed by atoms with Crippen molar-refractivity contribution >= 4 is 5.91 Å². The lowest BCUT2D eigenvalue weighted by atomic mass is 10.0. The summed E-state index contributed by atoms with van der Waals surface area (Å²) < 4.78 is 5.48. The predicted molar refractivity (Wildman–Crippen MR) is 84.6 cm³/mol. The molecule has 1 amide bonds. The number of benzene rings is 1. The molecule has 0 unspecified atom stereocenters. The average Bonchev–Trinajstić information content (AvgIpc) is 3.26. The van der Waals surface area contributed by atoms with Crippen molar-refractivity contribution in [1.29, 1.82) is 0 Å². The number of carbonyl (C=O) groups is 1. The maximum atomic E-state index is 12.6. The van der Waals surface area contributed by atoms with E-state index in [1.165, 1.54) is 19.4 Å². The number of nitrogens with one attached hydrogen (secondary N) is 1. The summed E-state index contributed by atoms with van der Waals surface area (Å²) in [7, 11) is 0. The van der Waals surface area contributed by atoms with Crippen molar-refractivity contribution in [2.45, 2.75) is 31.3 Å². The van der Waals surface area contributed by atoms with Gasteiger partial charge in [-0.1, -0.05) is 30.3 Å². The van der Waals surface area contributed by atoms with E-state index >= 15 is 0 Å². The lowest BCUT2D eigenvalue weighted by Gasteiger charge is -2.21. The quantitative estimate of drug-likeness (QED) is 0.947. The molecule has 4 nitrogen and oxygen atoms in total. The molecule has 22 heavy (non-hydrogen) atoms. The fourth-order valence-corrected chi connectivity index (χ4v) is 3.81. The lowest BCUT2D eigenvalue weighted by Crippen LogP contribution is -2.42. The van der Waals surface area contributed by atoms with Crippen LogP contribution in [0.4, 0.5) is 0 Å².